The summed E-state index contributed by atoms with van der Waals surface area (Å²) in [6.07, 6.45) is -9.32. The highest BCUT2D eigenvalue weighted by Gasteiger charge is 2.46. The molecule has 1 fully saturated rings. The Morgan fingerprint density at radius 2 is 1.60 bits per heavy atom. The summed E-state index contributed by atoms with van der Waals surface area (Å²) in [6.45, 7) is 2.01. The van der Waals surface area contributed by atoms with Crippen molar-refractivity contribution in [3.63, 3.8) is 0 Å². The number of carbonyl (C=O) groups is 1. The van der Waals surface area contributed by atoms with Gasteiger partial charge in [0.2, 0.25) is 5.91 Å². The van der Waals surface area contributed by atoms with Crippen LogP contribution < -0.4 is 0 Å². The van der Waals surface area contributed by atoms with Crippen LogP contribution in [0.15, 0.2) is 48.5 Å². The number of nitrogens with zero attached hydrogens (tertiary/aromatic N) is 2. The first-order chi connectivity index (χ1) is 16.2. The van der Waals surface area contributed by atoms with E-state index in [2.05, 4.69) is 0 Å². The Morgan fingerprint density at radius 1 is 1.03 bits per heavy atom. The first-order valence-corrected chi connectivity index (χ1v) is 11.1. The number of piperidine rings is 1. The maximum absolute atomic E-state index is 13.2. The summed E-state index contributed by atoms with van der Waals surface area (Å²) in [5, 5.41) is 0. The highest BCUT2D eigenvalue weighted by Crippen LogP contribution is 2.40. The number of alkyl halides is 6. The first kappa shape index (κ1) is 27.0. The lowest BCUT2D eigenvalue weighted by molar-refractivity contribution is -0.143. The lowest BCUT2D eigenvalue weighted by Crippen LogP contribution is -2.61. The van der Waals surface area contributed by atoms with Gasteiger partial charge in [0.05, 0.1) is 24.3 Å². The molecule has 2 unspecified atom stereocenters. The number of benzene rings is 2. The molecule has 1 amide bonds. The predicted molar refractivity (Wildman–Crippen MR) is 119 cm³/mol. The van der Waals surface area contributed by atoms with Gasteiger partial charge in [0, 0.05) is 31.5 Å². The number of carbonyl (C=O) groups excluding carboxylic acids is 1. The molecule has 3 rings (SSSR count). The van der Waals surface area contributed by atoms with Crippen molar-refractivity contribution in [2.24, 2.45) is 0 Å². The van der Waals surface area contributed by atoms with Crippen molar-refractivity contribution in [1.29, 1.82) is 0 Å². The van der Waals surface area contributed by atoms with E-state index in [-0.39, 0.29) is 30.2 Å². The van der Waals surface area contributed by atoms with Gasteiger partial charge in [-0.15, -0.1) is 0 Å². The van der Waals surface area contributed by atoms with Crippen molar-refractivity contribution in [3.05, 3.63) is 70.8 Å². The number of rotatable bonds is 6. The van der Waals surface area contributed by atoms with Crippen LogP contribution in [-0.4, -0.2) is 55.5 Å². The molecule has 1 saturated heterocycles. The Hall–Kier alpha value is -2.59. The zero-order chi connectivity index (χ0) is 26.0. The van der Waals surface area contributed by atoms with Crippen molar-refractivity contribution >= 4 is 5.91 Å². The van der Waals surface area contributed by atoms with Crippen LogP contribution in [0.2, 0.25) is 0 Å². The van der Waals surface area contributed by atoms with Crippen molar-refractivity contribution < 1.29 is 35.9 Å². The second-order valence-corrected chi connectivity index (χ2v) is 9.12. The second kappa shape index (κ2) is 10.2. The summed E-state index contributed by atoms with van der Waals surface area (Å²) < 4.78 is 85.2. The van der Waals surface area contributed by atoms with Crippen LogP contribution in [0.3, 0.4) is 0 Å². The number of hydrogen-bond donors (Lipinski definition) is 0. The highest BCUT2D eigenvalue weighted by molar-refractivity contribution is 5.73. The van der Waals surface area contributed by atoms with E-state index >= 15 is 0 Å². The number of halogens is 6. The second-order valence-electron chi connectivity index (χ2n) is 9.12. The molecule has 35 heavy (non-hydrogen) atoms. The predicted octanol–water partition coefficient (Wildman–Crippen LogP) is 5.36. The lowest BCUT2D eigenvalue weighted by Gasteiger charge is -2.50. The third-order valence-corrected chi connectivity index (χ3v) is 6.55. The Labute approximate surface area is 200 Å². The van der Waals surface area contributed by atoms with Gasteiger partial charge in [0.25, 0.3) is 0 Å². The molecular formula is C25H28F6N2O2. The Bertz CT molecular complexity index is 991. The van der Waals surface area contributed by atoms with Gasteiger partial charge >= 0.3 is 12.4 Å². The Balaban J connectivity index is 1.92. The molecule has 1 aliphatic rings. The molecule has 1 heterocycles. The van der Waals surface area contributed by atoms with Gasteiger partial charge in [-0.2, -0.15) is 26.3 Å². The van der Waals surface area contributed by atoms with Crippen molar-refractivity contribution in [3.8, 4) is 0 Å². The van der Waals surface area contributed by atoms with Crippen LogP contribution in [-0.2, 0) is 33.9 Å². The lowest BCUT2D eigenvalue weighted by atomic mass is 9.69. The smallest absolute Gasteiger partial charge is 0.376 e. The molecule has 4 nitrogen and oxygen atoms in total. The zero-order valence-corrected chi connectivity index (χ0v) is 19.7. The molecular weight excluding hydrogens is 474 g/mol. The molecule has 0 N–H and O–H groups in total. The average Bonchev–Trinajstić information content (AvgIpc) is 2.78. The van der Waals surface area contributed by atoms with Gasteiger partial charge < -0.3 is 14.5 Å². The molecule has 2 aromatic carbocycles. The minimum atomic E-state index is -4.92. The van der Waals surface area contributed by atoms with E-state index in [0.717, 1.165) is 5.56 Å². The molecule has 0 aromatic heterocycles. The van der Waals surface area contributed by atoms with Crippen LogP contribution in [0, 0.1) is 0 Å². The third kappa shape index (κ3) is 6.16. The summed E-state index contributed by atoms with van der Waals surface area (Å²) >= 11 is 0. The molecule has 0 spiro atoms. The monoisotopic (exact) mass is 502 g/mol. The number of likely N-dealkylation sites (N-methyl/N-ethyl adjacent to an activating group) is 1. The summed E-state index contributed by atoms with van der Waals surface area (Å²) in [7, 11) is 3.74. The van der Waals surface area contributed by atoms with Crippen LogP contribution in [0.1, 0.15) is 35.6 Å². The SMILES string of the molecule is CC(=O)N1CCC(COCc2cc(C(F)(F)F)cc(C(F)(F)F)c2)(c2ccccc2)C(N(C)C)C1. The maximum Gasteiger partial charge on any atom is 0.416 e. The van der Waals surface area contributed by atoms with E-state index in [1.807, 2.05) is 49.3 Å². The van der Waals surface area contributed by atoms with Crippen LogP contribution in [0.5, 0.6) is 0 Å². The maximum atomic E-state index is 13.2. The Morgan fingerprint density at radius 3 is 2.09 bits per heavy atom. The van der Waals surface area contributed by atoms with Gasteiger partial charge in [-0.05, 0) is 49.8 Å². The minimum absolute atomic E-state index is 0.0587. The van der Waals surface area contributed by atoms with Gasteiger partial charge in [-0.1, -0.05) is 30.3 Å². The van der Waals surface area contributed by atoms with Gasteiger partial charge in [-0.25, -0.2) is 0 Å². The number of amides is 1. The van der Waals surface area contributed by atoms with Gasteiger partial charge in [-0.3, -0.25) is 4.79 Å². The summed E-state index contributed by atoms with van der Waals surface area (Å²) in [5.41, 5.74) is -2.64. The molecule has 0 radical (unpaired) electrons. The van der Waals surface area contributed by atoms with Crippen LogP contribution in [0.4, 0.5) is 26.3 Å². The molecule has 0 aliphatic carbocycles. The van der Waals surface area contributed by atoms with E-state index in [0.29, 0.717) is 31.6 Å². The van der Waals surface area contributed by atoms with Crippen LogP contribution >= 0.6 is 0 Å². The fourth-order valence-corrected chi connectivity index (χ4v) is 4.73. The van der Waals surface area contributed by atoms with E-state index in [1.54, 1.807) is 4.90 Å². The fourth-order valence-electron chi connectivity index (χ4n) is 4.73. The largest absolute Gasteiger partial charge is 0.416 e. The molecule has 10 heteroatoms. The van der Waals surface area contributed by atoms with Gasteiger partial charge in [0.15, 0.2) is 0 Å². The number of likely N-dealkylation sites (tertiary alicyclic amines) is 1. The van der Waals surface area contributed by atoms with E-state index in [4.69, 9.17) is 4.74 Å². The van der Waals surface area contributed by atoms with Crippen LogP contribution in [0.25, 0.3) is 0 Å². The average molecular weight is 502 g/mol. The molecule has 0 bridgehead atoms. The number of ether oxygens (including phenoxy) is 1. The molecule has 192 valence electrons. The Kier molecular flexibility index (Phi) is 7.86. The molecule has 2 atom stereocenters. The molecule has 0 saturated carbocycles. The van der Waals surface area contributed by atoms with Crippen molar-refractivity contribution in [1.82, 2.24) is 9.80 Å². The van der Waals surface area contributed by atoms with E-state index in [9.17, 15) is 31.1 Å². The summed E-state index contributed by atoms with van der Waals surface area (Å²) in [4.78, 5) is 15.7. The normalized spacial score (nSPS) is 21.4. The first-order valence-electron chi connectivity index (χ1n) is 11.1. The van der Waals surface area contributed by atoms with Crippen molar-refractivity contribution in [2.75, 3.05) is 33.8 Å². The standard InChI is InChI=1S/C25H28F6N2O2/c1-17(34)33-10-9-23(22(14-33)32(2)3,19-7-5-4-6-8-19)16-35-15-18-11-20(24(26,27)28)13-21(12-18)25(29,30)31/h4-8,11-13,22H,9-10,14-16H2,1-3H3. The summed E-state index contributed by atoms with van der Waals surface area (Å²) in [5.74, 6) is -0.0666. The topological polar surface area (TPSA) is 32.8 Å². The van der Waals surface area contributed by atoms with Gasteiger partial charge in [0.1, 0.15) is 0 Å². The fraction of sp³-hybridized carbons (Fsp3) is 0.480. The summed E-state index contributed by atoms with van der Waals surface area (Å²) in [6, 6.07) is 10.7. The van der Waals surface area contributed by atoms with E-state index in [1.165, 1.54) is 6.92 Å². The minimum Gasteiger partial charge on any atom is -0.376 e. The molecule has 2 aromatic rings. The van der Waals surface area contributed by atoms with E-state index < -0.39 is 35.5 Å². The molecule has 1 aliphatic heterocycles. The highest BCUT2D eigenvalue weighted by atomic mass is 19.4. The van der Waals surface area contributed by atoms with Crippen molar-refractivity contribution in [2.45, 2.75) is 43.8 Å². The quantitative estimate of drug-likeness (QED) is 0.499. The zero-order valence-electron chi connectivity index (χ0n) is 19.7. The third-order valence-electron chi connectivity index (χ3n) is 6.55. The number of hydrogen-bond acceptors (Lipinski definition) is 3.